The lowest BCUT2D eigenvalue weighted by Crippen LogP contribution is -2.55. The number of furan rings is 1. The average Bonchev–Trinajstić information content (AvgIpc) is 3.84. The fourth-order valence-electron chi connectivity index (χ4n) is 14.2. The average molecular weight is 901 g/mol. The lowest BCUT2D eigenvalue weighted by Gasteiger charge is -2.61. The van der Waals surface area contributed by atoms with Crippen molar-refractivity contribution >= 4 is 66.8 Å². The van der Waals surface area contributed by atoms with Crippen LogP contribution >= 0.6 is 0 Å². The van der Waals surface area contributed by atoms with Gasteiger partial charge in [0.05, 0.1) is 0 Å². The number of benzene rings is 8. The van der Waals surface area contributed by atoms with Crippen molar-refractivity contribution in [3.8, 4) is 11.1 Å². The SMILES string of the molecule is Cc1ccccc1N(c1ccc(C(C)(C)C)cc1)c1ccc2cc3c(cc2c1)C1(c2c-3ccc3c2oc2cc(N(c4ccc(C(C)(C)C)cc4)c4ccccc4C)ccc23)C2CC3CC(C2)CC1C3. The van der Waals surface area contributed by atoms with Gasteiger partial charge in [0.15, 0.2) is 0 Å². The number of para-hydroxylation sites is 2. The van der Waals surface area contributed by atoms with Crippen molar-refractivity contribution < 1.29 is 4.42 Å². The third-order valence-corrected chi connectivity index (χ3v) is 17.4. The van der Waals surface area contributed by atoms with Crippen LogP contribution in [0.2, 0.25) is 0 Å². The first kappa shape index (κ1) is 42.5. The molecule has 0 radical (unpaired) electrons. The summed E-state index contributed by atoms with van der Waals surface area (Å²) in [5.74, 6) is 2.88. The predicted molar refractivity (Wildman–Crippen MR) is 291 cm³/mol. The van der Waals surface area contributed by atoms with Crippen LogP contribution in [0, 0.1) is 37.5 Å². The van der Waals surface area contributed by atoms with Crippen molar-refractivity contribution in [1.82, 2.24) is 0 Å². The summed E-state index contributed by atoms with van der Waals surface area (Å²) < 4.78 is 7.47. The zero-order chi connectivity index (χ0) is 47.1. The molecule has 4 fully saturated rings. The zero-order valence-corrected chi connectivity index (χ0v) is 41.7. The van der Waals surface area contributed by atoms with Gasteiger partial charge in [-0.1, -0.05) is 114 Å². The molecule has 0 unspecified atom stereocenters. The molecule has 1 aromatic heterocycles. The summed E-state index contributed by atoms with van der Waals surface area (Å²) in [6, 6.07) is 60.2. The van der Waals surface area contributed by atoms with Crippen LogP contribution in [0.5, 0.6) is 0 Å². The molecule has 4 saturated carbocycles. The van der Waals surface area contributed by atoms with Crippen LogP contribution in [0.4, 0.5) is 34.1 Å². The molecule has 4 bridgehead atoms. The van der Waals surface area contributed by atoms with Crippen molar-refractivity contribution in [2.75, 3.05) is 9.80 Å². The minimum atomic E-state index is -0.0843. The van der Waals surface area contributed by atoms with E-state index in [1.807, 2.05) is 0 Å². The van der Waals surface area contributed by atoms with E-state index in [9.17, 15) is 0 Å². The maximum atomic E-state index is 7.47. The van der Waals surface area contributed by atoms with Gasteiger partial charge in [-0.05, 0) is 209 Å². The maximum absolute atomic E-state index is 7.47. The van der Waals surface area contributed by atoms with Gasteiger partial charge >= 0.3 is 0 Å². The molecule has 9 aromatic rings. The fourth-order valence-corrected chi connectivity index (χ4v) is 14.2. The van der Waals surface area contributed by atoms with Crippen LogP contribution in [0.3, 0.4) is 0 Å². The molecule has 0 N–H and O–H groups in total. The summed E-state index contributed by atoms with van der Waals surface area (Å²) in [6.07, 6.45) is 6.68. The van der Waals surface area contributed by atoms with E-state index in [1.165, 1.54) is 115 Å². The van der Waals surface area contributed by atoms with Crippen LogP contribution in [-0.4, -0.2) is 0 Å². The van der Waals surface area contributed by atoms with Gasteiger partial charge in [0.2, 0.25) is 0 Å². The van der Waals surface area contributed by atoms with Crippen molar-refractivity contribution in [3.05, 3.63) is 191 Å². The molecule has 344 valence electrons. The Labute approximate surface area is 408 Å². The van der Waals surface area contributed by atoms with Gasteiger partial charge in [0, 0.05) is 61.9 Å². The number of hydrogen-bond donors (Lipinski definition) is 0. The summed E-state index contributed by atoms with van der Waals surface area (Å²) in [5.41, 5.74) is 20.1. The van der Waals surface area contributed by atoms with Crippen LogP contribution in [-0.2, 0) is 16.2 Å². The highest BCUT2D eigenvalue weighted by Crippen LogP contribution is 2.71. The molecule has 3 heteroatoms. The molecule has 69 heavy (non-hydrogen) atoms. The Morgan fingerprint density at radius 3 is 1.52 bits per heavy atom. The molecule has 0 saturated heterocycles. The second kappa shape index (κ2) is 15.2. The molecule has 0 aliphatic heterocycles. The Balaban J connectivity index is 0.984. The summed E-state index contributed by atoms with van der Waals surface area (Å²) in [4.78, 5) is 4.88. The van der Waals surface area contributed by atoms with Crippen molar-refractivity contribution in [2.24, 2.45) is 23.7 Å². The van der Waals surface area contributed by atoms with Crippen molar-refractivity contribution in [1.29, 1.82) is 0 Å². The normalized spacial score (nSPS) is 21.4. The Kier molecular flexibility index (Phi) is 9.37. The topological polar surface area (TPSA) is 19.6 Å². The summed E-state index contributed by atoms with van der Waals surface area (Å²) >= 11 is 0. The minimum Gasteiger partial charge on any atom is -0.456 e. The number of aryl methyl sites for hydroxylation is 2. The second-order valence-corrected chi connectivity index (χ2v) is 23.6. The Bertz CT molecular complexity index is 3470. The summed E-state index contributed by atoms with van der Waals surface area (Å²) in [5, 5.41) is 5.04. The highest BCUT2D eigenvalue weighted by Gasteiger charge is 2.62. The van der Waals surface area contributed by atoms with E-state index in [0.29, 0.717) is 11.8 Å². The van der Waals surface area contributed by atoms with Gasteiger partial charge in [-0.2, -0.15) is 0 Å². The van der Waals surface area contributed by atoms with E-state index in [4.69, 9.17) is 4.42 Å². The second-order valence-electron chi connectivity index (χ2n) is 23.6. The van der Waals surface area contributed by atoms with Gasteiger partial charge in [-0.3, -0.25) is 0 Å². The lowest BCUT2D eigenvalue weighted by molar-refractivity contribution is -0.0396. The van der Waals surface area contributed by atoms with E-state index in [2.05, 4.69) is 223 Å². The zero-order valence-electron chi connectivity index (χ0n) is 41.7. The van der Waals surface area contributed by atoms with Crippen molar-refractivity contribution in [3.63, 3.8) is 0 Å². The number of rotatable bonds is 6. The molecular formula is C66H64N2O. The van der Waals surface area contributed by atoms with Gasteiger partial charge in [-0.25, -0.2) is 0 Å². The first-order valence-corrected chi connectivity index (χ1v) is 25.7. The molecule has 0 atom stereocenters. The minimum absolute atomic E-state index is 0.0750. The highest BCUT2D eigenvalue weighted by molar-refractivity contribution is 6.11. The van der Waals surface area contributed by atoms with Crippen LogP contribution in [0.1, 0.15) is 107 Å². The first-order chi connectivity index (χ1) is 33.2. The van der Waals surface area contributed by atoms with Gasteiger partial charge in [0.1, 0.15) is 11.2 Å². The molecular weight excluding hydrogens is 837 g/mol. The molecule has 0 amide bonds. The van der Waals surface area contributed by atoms with Crippen LogP contribution in [0.25, 0.3) is 43.8 Å². The van der Waals surface area contributed by atoms with E-state index in [0.717, 1.165) is 34.4 Å². The molecule has 3 nitrogen and oxygen atoms in total. The summed E-state index contributed by atoms with van der Waals surface area (Å²) in [6.45, 7) is 18.2. The maximum Gasteiger partial charge on any atom is 0.140 e. The third kappa shape index (κ3) is 6.52. The Hall–Kier alpha value is -6.58. The molecule has 8 aromatic carbocycles. The quantitative estimate of drug-likeness (QED) is 0.166. The first-order valence-electron chi connectivity index (χ1n) is 25.7. The molecule has 1 heterocycles. The number of hydrogen-bond acceptors (Lipinski definition) is 3. The van der Waals surface area contributed by atoms with E-state index in [1.54, 1.807) is 5.56 Å². The Morgan fingerprint density at radius 2 is 0.971 bits per heavy atom. The van der Waals surface area contributed by atoms with Gasteiger partial charge < -0.3 is 14.2 Å². The molecule has 1 spiro atoms. The third-order valence-electron chi connectivity index (χ3n) is 17.4. The fraction of sp³-hybridized carbons (Fsp3) is 0.303. The van der Waals surface area contributed by atoms with Gasteiger partial charge in [0.25, 0.3) is 0 Å². The predicted octanol–water partition coefficient (Wildman–Crippen LogP) is 18.6. The number of anilines is 6. The van der Waals surface area contributed by atoms with Crippen molar-refractivity contribution in [2.45, 2.75) is 104 Å². The van der Waals surface area contributed by atoms with E-state index in [-0.39, 0.29) is 16.2 Å². The lowest BCUT2D eigenvalue weighted by atomic mass is 9.43. The number of fused-ring (bicyclic) bond motifs is 8. The van der Waals surface area contributed by atoms with Crippen LogP contribution < -0.4 is 9.80 Å². The van der Waals surface area contributed by atoms with Gasteiger partial charge in [-0.15, -0.1) is 0 Å². The largest absolute Gasteiger partial charge is 0.456 e. The smallest absolute Gasteiger partial charge is 0.140 e. The highest BCUT2D eigenvalue weighted by atomic mass is 16.3. The molecule has 14 rings (SSSR count). The monoisotopic (exact) mass is 901 g/mol. The standard InChI is InChI=1S/C66H64N2O/c1-40-13-9-11-15-59(40)67(50-23-18-46(19-24-50)64(3,4)5)52-22-17-44-37-57-55-29-30-56-54-28-27-53(68(60-16-12-10-14-41(60)2)51-25-20-47(21-26-51)65(6,7)8)39-61(54)69-63(56)62(55)66(58(57)38-45(44)36-52)48-32-42-31-43(34-48)35-49(66)33-42/h9-30,36-39,42-43,48-49H,31-35H2,1-8H3. The summed E-state index contributed by atoms with van der Waals surface area (Å²) in [7, 11) is 0. The molecule has 5 aliphatic rings. The van der Waals surface area contributed by atoms with Crippen LogP contribution in [0.15, 0.2) is 162 Å². The molecule has 5 aliphatic carbocycles. The number of nitrogens with zero attached hydrogens (tertiary/aromatic N) is 2. The van der Waals surface area contributed by atoms with E-state index >= 15 is 0 Å². The van der Waals surface area contributed by atoms with E-state index < -0.39 is 0 Å². The Morgan fingerprint density at radius 1 is 0.464 bits per heavy atom.